The fraction of sp³-hybridized carbons (Fsp3) is 0.750. The first kappa shape index (κ1) is 62.8. The number of unbranched alkanes of at least 4 members (excludes halogenated alkanes) is 27. The van der Waals surface area contributed by atoms with Gasteiger partial charge >= 0.3 is 17.9 Å². The maximum atomic E-state index is 12.8. The van der Waals surface area contributed by atoms with Gasteiger partial charge in [-0.25, -0.2) is 0 Å². The van der Waals surface area contributed by atoms with Crippen LogP contribution in [0.15, 0.2) is 72.9 Å². The molecule has 380 valence electrons. The highest BCUT2D eigenvalue weighted by Gasteiger charge is 2.19. The molecule has 0 aromatic carbocycles. The van der Waals surface area contributed by atoms with Crippen molar-refractivity contribution in [1.29, 1.82) is 0 Å². The van der Waals surface area contributed by atoms with Gasteiger partial charge in [-0.15, -0.1) is 0 Å². The molecule has 0 saturated heterocycles. The summed E-state index contributed by atoms with van der Waals surface area (Å²) in [6.07, 6.45) is 68.9. The van der Waals surface area contributed by atoms with Gasteiger partial charge in [0.2, 0.25) is 0 Å². The lowest BCUT2D eigenvalue weighted by Crippen LogP contribution is -2.30. The zero-order chi connectivity index (χ0) is 47.9. The Morgan fingerprint density at radius 3 is 0.924 bits per heavy atom. The van der Waals surface area contributed by atoms with Crippen molar-refractivity contribution in [3.05, 3.63) is 72.9 Å². The van der Waals surface area contributed by atoms with E-state index in [1.54, 1.807) is 0 Å². The van der Waals surface area contributed by atoms with Crippen molar-refractivity contribution in [2.75, 3.05) is 13.2 Å². The molecule has 0 aromatic rings. The van der Waals surface area contributed by atoms with Crippen molar-refractivity contribution in [3.63, 3.8) is 0 Å². The van der Waals surface area contributed by atoms with Crippen LogP contribution in [0.5, 0.6) is 0 Å². The number of hydrogen-bond donors (Lipinski definition) is 0. The number of esters is 3. The molecule has 0 spiro atoms. The van der Waals surface area contributed by atoms with E-state index in [9.17, 15) is 14.4 Å². The molecule has 0 heterocycles. The minimum atomic E-state index is -0.777. The molecule has 1 atom stereocenters. The molecule has 6 nitrogen and oxygen atoms in total. The van der Waals surface area contributed by atoms with Gasteiger partial charge in [0.05, 0.1) is 0 Å². The third kappa shape index (κ3) is 51.8. The van der Waals surface area contributed by atoms with Crippen LogP contribution in [0.25, 0.3) is 0 Å². The first-order valence-electron chi connectivity index (χ1n) is 27.9. The number of hydrogen-bond acceptors (Lipinski definition) is 6. The van der Waals surface area contributed by atoms with Crippen LogP contribution in [0.4, 0.5) is 0 Å². The summed E-state index contributed by atoms with van der Waals surface area (Å²) in [5.41, 5.74) is 0. The van der Waals surface area contributed by atoms with Gasteiger partial charge in [-0.3, -0.25) is 14.4 Å². The van der Waals surface area contributed by atoms with Crippen LogP contribution in [-0.4, -0.2) is 37.2 Å². The monoisotopic (exact) mass is 921 g/mol. The Bertz CT molecular complexity index is 1240. The van der Waals surface area contributed by atoms with Gasteiger partial charge in [0, 0.05) is 19.3 Å². The molecule has 0 N–H and O–H groups in total. The smallest absolute Gasteiger partial charge is 0.306 e. The van der Waals surface area contributed by atoms with E-state index >= 15 is 0 Å². The second-order valence-corrected chi connectivity index (χ2v) is 18.5. The minimum absolute atomic E-state index is 0.0768. The average molecular weight is 921 g/mol. The number of carbonyl (C=O) groups is 3. The Balaban J connectivity index is 4.27. The second-order valence-electron chi connectivity index (χ2n) is 18.5. The van der Waals surface area contributed by atoms with Gasteiger partial charge < -0.3 is 14.2 Å². The van der Waals surface area contributed by atoms with Crippen LogP contribution < -0.4 is 0 Å². The molecule has 6 heteroatoms. The topological polar surface area (TPSA) is 78.9 Å². The largest absolute Gasteiger partial charge is 0.462 e. The van der Waals surface area contributed by atoms with Crippen molar-refractivity contribution < 1.29 is 28.6 Å². The zero-order valence-electron chi connectivity index (χ0n) is 43.4. The molecular formula is C60H104O6. The molecule has 0 aliphatic rings. The highest BCUT2D eigenvalue weighted by atomic mass is 16.6. The minimum Gasteiger partial charge on any atom is -0.462 e. The molecule has 0 saturated carbocycles. The van der Waals surface area contributed by atoms with Crippen LogP contribution in [-0.2, 0) is 28.6 Å². The van der Waals surface area contributed by atoms with Crippen molar-refractivity contribution in [2.45, 2.75) is 277 Å². The SMILES string of the molecule is CC/C=C\C/C=C\C/C=C\C/C=C\C/C=C\C/C=C\CCCCCCCCC(=O)OCC(COC(=O)CCCCCCCCCCC)OC(=O)CCCCCCCCCCCCCCCC. The van der Waals surface area contributed by atoms with Crippen LogP contribution in [0.2, 0.25) is 0 Å². The molecule has 1 unspecified atom stereocenters. The highest BCUT2D eigenvalue weighted by Crippen LogP contribution is 2.16. The molecule has 0 aromatic heterocycles. The predicted octanol–water partition coefficient (Wildman–Crippen LogP) is 18.6. The number of ether oxygens (including phenoxy) is 3. The Morgan fingerprint density at radius 2 is 0.591 bits per heavy atom. The molecular weight excluding hydrogens is 817 g/mol. The van der Waals surface area contributed by atoms with Crippen molar-refractivity contribution in [3.8, 4) is 0 Å². The third-order valence-corrected chi connectivity index (χ3v) is 12.0. The summed E-state index contributed by atoms with van der Waals surface area (Å²) >= 11 is 0. The van der Waals surface area contributed by atoms with Crippen LogP contribution in [0.1, 0.15) is 271 Å². The van der Waals surface area contributed by atoms with E-state index in [1.807, 2.05) is 0 Å². The maximum absolute atomic E-state index is 12.8. The normalized spacial score (nSPS) is 12.6. The Labute approximate surface area is 408 Å². The van der Waals surface area contributed by atoms with Gasteiger partial charge in [0.25, 0.3) is 0 Å². The first-order valence-corrected chi connectivity index (χ1v) is 27.9. The molecule has 0 aliphatic heterocycles. The Hall–Kier alpha value is -3.15. The van der Waals surface area contributed by atoms with Gasteiger partial charge in [-0.2, -0.15) is 0 Å². The molecule has 0 aliphatic carbocycles. The van der Waals surface area contributed by atoms with E-state index in [1.165, 1.54) is 128 Å². The van der Waals surface area contributed by atoms with Crippen LogP contribution in [0.3, 0.4) is 0 Å². The molecule has 0 amide bonds. The van der Waals surface area contributed by atoms with Gasteiger partial charge in [0.1, 0.15) is 13.2 Å². The maximum Gasteiger partial charge on any atom is 0.306 e. The quantitative estimate of drug-likeness (QED) is 0.0262. The van der Waals surface area contributed by atoms with Crippen molar-refractivity contribution in [1.82, 2.24) is 0 Å². The second kappa shape index (κ2) is 54.5. The van der Waals surface area contributed by atoms with Crippen molar-refractivity contribution in [2.24, 2.45) is 0 Å². The van der Waals surface area contributed by atoms with Crippen molar-refractivity contribution >= 4 is 17.9 Å². The summed E-state index contributed by atoms with van der Waals surface area (Å²) in [5, 5.41) is 0. The van der Waals surface area contributed by atoms with Gasteiger partial charge in [0.15, 0.2) is 6.10 Å². The molecule has 0 bridgehead atoms. The summed E-state index contributed by atoms with van der Waals surface area (Å²) in [6, 6.07) is 0. The predicted molar refractivity (Wildman–Crippen MR) is 284 cm³/mol. The van der Waals surface area contributed by atoms with E-state index in [-0.39, 0.29) is 31.1 Å². The fourth-order valence-electron chi connectivity index (χ4n) is 7.80. The summed E-state index contributed by atoms with van der Waals surface area (Å²) in [4.78, 5) is 38.0. The number of allylic oxidation sites excluding steroid dienone is 12. The van der Waals surface area contributed by atoms with E-state index < -0.39 is 6.10 Å². The lowest BCUT2D eigenvalue weighted by Gasteiger charge is -2.18. The molecule has 0 rings (SSSR count). The van der Waals surface area contributed by atoms with E-state index in [0.717, 1.165) is 103 Å². The Kier molecular flexibility index (Phi) is 51.9. The van der Waals surface area contributed by atoms with Crippen LogP contribution >= 0.6 is 0 Å². The summed E-state index contributed by atoms with van der Waals surface area (Å²) < 4.78 is 16.8. The summed E-state index contributed by atoms with van der Waals surface area (Å²) in [7, 11) is 0. The van der Waals surface area contributed by atoms with E-state index in [0.29, 0.717) is 19.3 Å². The third-order valence-electron chi connectivity index (χ3n) is 12.0. The van der Waals surface area contributed by atoms with Crippen LogP contribution in [0, 0.1) is 0 Å². The summed E-state index contributed by atoms with van der Waals surface area (Å²) in [6.45, 7) is 6.51. The molecule has 66 heavy (non-hydrogen) atoms. The Morgan fingerprint density at radius 1 is 0.318 bits per heavy atom. The fourth-order valence-corrected chi connectivity index (χ4v) is 7.80. The van der Waals surface area contributed by atoms with E-state index in [4.69, 9.17) is 14.2 Å². The highest BCUT2D eigenvalue weighted by molar-refractivity contribution is 5.71. The first-order chi connectivity index (χ1) is 32.5. The van der Waals surface area contributed by atoms with Gasteiger partial charge in [-0.1, -0.05) is 254 Å². The van der Waals surface area contributed by atoms with Gasteiger partial charge in [-0.05, 0) is 70.6 Å². The van der Waals surface area contributed by atoms with E-state index in [2.05, 4.69) is 93.7 Å². The lowest BCUT2D eigenvalue weighted by atomic mass is 10.0. The standard InChI is InChI=1S/C60H104O6/c1-4-7-10-13-16-19-21-23-25-26-27-28-29-30-31-32-33-34-35-37-38-41-44-47-50-53-59(62)65-56-57(55-64-58(61)52-49-46-43-40-18-15-12-9-6-3)66-60(63)54-51-48-45-42-39-36-24-22-20-17-14-11-8-5-2/h7,10,16,19,23,25,27-28,30-31,33-34,57H,4-6,8-9,11-15,17-18,20-22,24,26,29,32,35-56H2,1-3H3/b10-7-,19-16-,25-23-,28-27-,31-30-,34-33-. The lowest BCUT2D eigenvalue weighted by molar-refractivity contribution is -0.167. The molecule has 0 radical (unpaired) electrons. The number of carbonyl (C=O) groups excluding carboxylic acids is 3. The molecule has 0 fully saturated rings. The number of rotatable bonds is 50. The zero-order valence-corrected chi connectivity index (χ0v) is 43.4. The summed E-state index contributed by atoms with van der Waals surface area (Å²) in [5.74, 6) is -0.887. The average Bonchev–Trinajstić information content (AvgIpc) is 3.31.